The van der Waals surface area contributed by atoms with E-state index in [-0.39, 0.29) is 6.79 Å². The van der Waals surface area contributed by atoms with Gasteiger partial charge in [0.15, 0.2) is 11.5 Å². The highest BCUT2D eigenvalue weighted by atomic mass is 19.1. The number of nitrogens with zero attached hydrogens (tertiary/aromatic N) is 3. The van der Waals surface area contributed by atoms with E-state index >= 15 is 0 Å². The summed E-state index contributed by atoms with van der Waals surface area (Å²) in [6.45, 7) is 2.23. The van der Waals surface area contributed by atoms with Crippen LogP contribution in [0, 0.1) is 11.6 Å². The number of anilines is 1. The Bertz CT molecular complexity index is 1220. The lowest BCUT2D eigenvalue weighted by Crippen LogP contribution is -2.26. The number of hydrogen-bond donors (Lipinski definition) is 0. The third kappa shape index (κ3) is 5.11. The fraction of sp³-hybridized carbons (Fsp3) is 0.192. The minimum Gasteiger partial charge on any atom is -0.454 e. The van der Waals surface area contributed by atoms with Crippen LogP contribution in [-0.2, 0) is 6.54 Å². The van der Waals surface area contributed by atoms with Crippen LogP contribution in [0.2, 0.25) is 0 Å². The van der Waals surface area contributed by atoms with Gasteiger partial charge in [-0.15, -0.1) is 0 Å². The van der Waals surface area contributed by atoms with E-state index in [1.165, 1.54) is 12.1 Å². The molecule has 0 N–H and O–H groups in total. The summed E-state index contributed by atoms with van der Waals surface area (Å²) in [6.07, 6.45) is 12.8. The van der Waals surface area contributed by atoms with Crippen LogP contribution in [0.25, 0.3) is 11.3 Å². The summed E-state index contributed by atoms with van der Waals surface area (Å²) in [5, 5.41) is 4.06. The van der Waals surface area contributed by atoms with Crippen LogP contribution in [-0.4, -0.2) is 29.9 Å². The monoisotopic (exact) mass is 463 g/mol. The Morgan fingerprint density at radius 1 is 0.882 bits per heavy atom. The van der Waals surface area contributed by atoms with Gasteiger partial charge in [0, 0.05) is 49.7 Å². The van der Waals surface area contributed by atoms with Crippen molar-refractivity contribution in [3.05, 3.63) is 96.4 Å². The predicted octanol–water partition coefficient (Wildman–Crippen LogP) is 5.64. The highest BCUT2D eigenvalue weighted by molar-refractivity contribution is 5.62. The van der Waals surface area contributed by atoms with Crippen LogP contribution in [0.5, 0.6) is 11.5 Å². The van der Waals surface area contributed by atoms with Gasteiger partial charge in [0.05, 0.1) is 0 Å². The van der Waals surface area contributed by atoms with Gasteiger partial charge < -0.3 is 23.8 Å². The maximum absolute atomic E-state index is 13.7. The summed E-state index contributed by atoms with van der Waals surface area (Å²) < 4.78 is 43.9. The van der Waals surface area contributed by atoms with E-state index in [0.717, 1.165) is 30.3 Å². The number of ether oxygens (including phenoxy) is 2. The second-order valence-electron chi connectivity index (χ2n) is 7.98. The van der Waals surface area contributed by atoms with Crippen molar-refractivity contribution in [3.8, 4) is 22.8 Å². The van der Waals surface area contributed by atoms with Crippen LogP contribution < -0.4 is 14.4 Å². The second-order valence-corrected chi connectivity index (χ2v) is 7.98. The molecule has 0 fully saturated rings. The zero-order valence-corrected chi connectivity index (χ0v) is 18.4. The number of halogens is 2. The van der Waals surface area contributed by atoms with Crippen LogP contribution >= 0.6 is 0 Å². The Labute approximate surface area is 196 Å². The van der Waals surface area contributed by atoms with Crippen molar-refractivity contribution in [2.45, 2.75) is 13.0 Å². The van der Waals surface area contributed by atoms with Crippen molar-refractivity contribution in [1.82, 2.24) is 10.1 Å². The molecule has 0 unspecified atom stereocenters. The summed E-state index contributed by atoms with van der Waals surface area (Å²) in [6, 6.07) is 10.8. The fourth-order valence-corrected chi connectivity index (χ4v) is 3.87. The first-order valence-corrected chi connectivity index (χ1v) is 11.0. The summed E-state index contributed by atoms with van der Waals surface area (Å²) in [7, 11) is 0. The van der Waals surface area contributed by atoms with E-state index in [0.29, 0.717) is 36.0 Å². The van der Waals surface area contributed by atoms with Gasteiger partial charge in [0.2, 0.25) is 12.7 Å². The zero-order chi connectivity index (χ0) is 23.3. The number of allylic oxidation sites excluding steroid dienone is 4. The Hall–Kier alpha value is -4.07. The molecule has 3 aromatic rings. The molecule has 0 amide bonds. The molecule has 6 nitrogen and oxygen atoms in total. The van der Waals surface area contributed by atoms with Gasteiger partial charge in [0.1, 0.15) is 17.3 Å². The number of aromatic nitrogens is 1. The van der Waals surface area contributed by atoms with Gasteiger partial charge in [0.25, 0.3) is 0 Å². The molecule has 8 heteroatoms. The lowest BCUT2D eigenvalue weighted by atomic mass is 10.1. The smallest absolute Gasteiger partial charge is 0.231 e. The summed E-state index contributed by atoms with van der Waals surface area (Å²) in [5.41, 5.74) is 1.70. The SMILES string of the molecule is Fc1cc(F)cc(-c2cc(N(CCCN3C=CC=CC=C3)Cc3ccc4c(c3)OCO4)on2)c1. The van der Waals surface area contributed by atoms with Gasteiger partial charge in [-0.25, -0.2) is 8.78 Å². The first-order valence-electron chi connectivity index (χ1n) is 11.0. The normalized spacial score (nSPS) is 14.0. The van der Waals surface area contributed by atoms with Gasteiger partial charge in [-0.1, -0.05) is 23.4 Å². The predicted molar refractivity (Wildman–Crippen MR) is 124 cm³/mol. The molecule has 2 aliphatic rings. The second kappa shape index (κ2) is 9.82. The Morgan fingerprint density at radius 3 is 2.44 bits per heavy atom. The molecule has 0 radical (unpaired) electrons. The van der Waals surface area contributed by atoms with Crippen LogP contribution in [0.3, 0.4) is 0 Å². The maximum Gasteiger partial charge on any atom is 0.231 e. The molecular formula is C26H23F2N3O3. The van der Waals surface area contributed by atoms with Gasteiger partial charge in [-0.3, -0.25) is 0 Å². The molecule has 2 aliphatic heterocycles. The molecule has 3 heterocycles. The summed E-state index contributed by atoms with van der Waals surface area (Å²) >= 11 is 0. The highest BCUT2D eigenvalue weighted by Crippen LogP contribution is 2.34. The van der Waals surface area contributed by atoms with Crippen molar-refractivity contribution in [1.29, 1.82) is 0 Å². The third-order valence-electron chi connectivity index (χ3n) is 5.51. The minimum absolute atomic E-state index is 0.212. The van der Waals surface area contributed by atoms with Crippen molar-refractivity contribution in [2.24, 2.45) is 0 Å². The lowest BCUT2D eigenvalue weighted by molar-refractivity contribution is 0.174. The zero-order valence-electron chi connectivity index (χ0n) is 18.4. The standard InChI is InChI=1S/C26H23F2N3O3/c27-21-13-20(14-22(28)15-21)23-16-26(34-29-23)31(11-5-10-30-8-3-1-2-4-9-30)17-19-6-7-24-25(12-19)33-18-32-24/h1-4,6-9,12-16H,5,10-11,17-18H2. The molecule has 2 aromatic carbocycles. The first kappa shape index (κ1) is 21.8. The van der Waals surface area contributed by atoms with Gasteiger partial charge in [-0.2, -0.15) is 0 Å². The molecule has 1 aromatic heterocycles. The quantitative estimate of drug-likeness (QED) is 0.431. The molecule has 0 atom stereocenters. The van der Waals surface area contributed by atoms with E-state index < -0.39 is 11.6 Å². The summed E-state index contributed by atoms with van der Waals surface area (Å²) in [5.74, 6) is 0.618. The number of hydrogen-bond acceptors (Lipinski definition) is 6. The van der Waals surface area contributed by atoms with Crippen molar-refractivity contribution >= 4 is 5.88 Å². The van der Waals surface area contributed by atoms with Crippen LogP contribution in [0.1, 0.15) is 12.0 Å². The highest BCUT2D eigenvalue weighted by Gasteiger charge is 2.18. The van der Waals surface area contributed by atoms with Gasteiger partial charge >= 0.3 is 0 Å². The molecule has 0 spiro atoms. The molecule has 174 valence electrons. The van der Waals surface area contributed by atoms with Crippen molar-refractivity contribution in [3.63, 3.8) is 0 Å². The Balaban J connectivity index is 1.35. The topological polar surface area (TPSA) is 51.0 Å². The van der Waals surface area contributed by atoms with Crippen LogP contribution in [0.4, 0.5) is 14.7 Å². The largest absolute Gasteiger partial charge is 0.454 e. The fourth-order valence-electron chi connectivity index (χ4n) is 3.87. The minimum atomic E-state index is -0.662. The number of fused-ring (bicyclic) bond motifs is 1. The molecule has 34 heavy (non-hydrogen) atoms. The number of rotatable bonds is 8. The third-order valence-corrected chi connectivity index (χ3v) is 5.51. The maximum atomic E-state index is 13.7. The number of benzene rings is 2. The van der Waals surface area contributed by atoms with Crippen molar-refractivity contribution < 1.29 is 22.8 Å². The van der Waals surface area contributed by atoms with Crippen LogP contribution in [0.15, 0.2) is 83.7 Å². The average Bonchev–Trinajstić information content (AvgIpc) is 3.42. The molecule has 0 aliphatic carbocycles. The molecular weight excluding hydrogens is 440 g/mol. The van der Waals surface area contributed by atoms with E-state index in [1.807, 2.05) is 59.8 Å². The summed E-state index contributed by atoms with van der Waals surface area (Å²) in [4.78, 5) is 4.16. The molecule has 0 bridgehead atoms. The van der Waals surface area contributed by atoms with Crippen molar-refractivity contribution in [2.75, 3.05) is 24.8 Å². The average molecular weight is 463 g/mol. The Morgan fingerprint density at radius 2 is 1.65 bits per heavy atom. The van der Waals surface area contributed by atoms with E-state index in [9.17, 15) is 8.78 Å². The Kier molecular flexibility index (Phi) is 6.29. The molecule has 0 saturated heterocycles. The van der Waals surface area contributed by atoms with E-state index in [2.05, 4.69) is 10.1 Å². The van der Waals surface area contributed by atoms with Gasteiger partial charge in [-0.05, 0) is 48.4 Å². The molecule has 5 rings (SSSR count). The van der Waals surface area contributed by atoms with E-state index in [1.54, 1.807) is 6.07 Å². The first-order chi connectivity index (χ1) is 16.6. The van der Waals surface area contributed by atoms with E-state index in [4.69, 9.17) is 14.0 Å². The lowest BCUT2D eigenvalue weighted by Gasteiger charge is -2.23. The molecule has 0 saturated carbocycles.